The Morgan fingerprint density at radius 1 is 1.43 bits per heavy atom. The van der Waals surface area contributed by atoms with Crippen molar-refractivity contribution in [3.05, 3.63) is 21.5 Å². The molecule has 1 saturated heterocycles. The summed E-state index contributed by atoms with van der Waals surface area (Å²) in [5, 5.41) is 0. The van der Waals surface area contributed by atoms with Gasteiger partial charge in [-0.25, -0.2) is 0 Å². The first kappa shape index (κ1) is 20.0. The van der Waals surface area contributed by atoms with Crippen molar-refractivity contribution in [1.29, 1.82) is 0 Å². The largest absolute Gasteiger partial charge is 0.337 e. The lowest BCUT2D eigenvalue weighted by molar-refractivity contribution is -0.125. The van der Waals surface area contributed by atoms with Crippen LogP contribution in [0, 0.1) is 0 Å². The number of likely N-dealkylation sites (tertiary alicyclic amines) is 1. The molecule has 0 aromatic rings. The first-order valence-electron chi connectivity index (χ1n) is 8.50. The maximum Gasteiger partial charge on any atom is 0.260 e. The van der Waals surface area contributed by atoms with Crippen molar-refractivity contribution in [2.24, 2.45) is 4.99 Å². The third kappa shape index (κ3) is 4.70. The van der Waals surface area contributed by atoms with Crippen molar-refractivity contribution in [2.75, 3.05) is 34.2 Å². The summed E-state index contributed by atoms with van der Waals surface area (Å²) >= 11 is 1.59. The number of rotatable bonds is 3. The zero-order chi connectivity index (χ0) is 17.6. The first-order chi connectivity index (χ1) is 11.0. The second-order valence-electron chi connectivity index (χ2n) is 5.84. The first-order valence-corrected chi connectivity index (χ1v) is 9.31. The SMILES string of the molecule is CC.CC/C(C)=C1/SC(C(=O)N2CCC(N(C)C)C2)=CC1=NC. The summed E-state index contributed by atoms with van der Waals surface area (Å²) in [5.41, 5.74) is 2.25. The molecular formula is C18H31N3OS. The third-order valence-corrected chi connectivity index (χ3v) is 5.54. The molecule has 0 bridgehead atoms. The highest BCUT2D eigenvalue weighted by Crippen LogP contribution is 2.38. The van der Waals surface area contributed by atoms with E-state index in [1.165, 1.54) is 5.57 Å². The Balaban J connectivity index is 0.00000127. The van der Waals surface area contributed by atoms with Crippen LogP contribution in [0.25, 0.3) is 0 Å². The van der Waals surface area contributed by atoms with E-state index in [4.69, 9.17) is 0 Å². The van der Waals surface area contributed by atoms with Crippen LogP contribution in [0.4, 0.5) is 0 Å². The second-order valence-corrected chi connectivity index (χ2v) is 6.89. The lowest BCUT2D eigenvalue weighted by atomic mass is 10.1. The molecule has 1 amide bonds. The maximum absolute atomic E-state index is 12.7. The number of carbonyl (C=O) groups excluding carboxylic acids is 1. The smallest absolute Gasteiger partial charge is 0.260 e. The minimum Gasteiger partial charge on any atom is -0.337 e. The Bertz CT molecular complexity index is 520. The maximum atomic E-state index is 12.7. The van der Waals surface area contributed by atoms with E-state index < -0.39 is 0 Å². The molecular weight excluding hydrogens is 306 g/mol. The molecule has 0 aromatic heterocycles. The van der Waals surface area contributed by atoms with Crippen LogP contribution in [-0.4, -0.2) is 61.7 Å². The Morgan fingerprint density at radius 2 is 2.09 bits per heavy atom. The minimum absolute atomic E-state index is 0.157. The van der Waals surface area contributed by atoms with Gasteiger partial charge in [-0.3, -0.25) is 9.79 Å². The Kier molecular flexibility index (Phi) is 8.06. The summed E-state index contributed by atoms with van der Waals surface area (Å²) in [5.74, 6) is 0.157. The molecule has 5 heteroatoms. The van der Waals surface area contributed by atoms with Crippen molar-refractivity contribution in [3.8, 4) is 0 Å². The predicted octanol–water partition coefficient (Wildman–Crippen LogP) is 3.56. The molecule has 2 aliphatic heterocycles. The van der Waals surface area contributed by atoms with Gasteiger partial charge in [0.05, 0.1) is 10.6 Å². The summed E-state index contributed by atoms with van der Waals surface area (Å²) in [6, 6.07) is 0.479. The number of likely N-dealkylation sites (N-methyl/N-ethyl adjacent to an activating group) is 1. The number of carbonyl (C=O) groups is 1. The average molecular weight is 338 g/mol. The number of nitrogens with zero attached hydrogens (tertiary/aromatic N) is 3. The number of thioether (sulfide) groups is 1. The molecule has 0 N–H and O–H groups in total. The van der Waals surface area contributed by atoms with Gasteiger partial charge in [-0.05, 0) is 39.9 Å². The molecule has 130 valence electrons. The Hall–Kier alpha value is -1.07. The van der Waals surface area contributed by atoms with Crippen LogP contribution < -0.4 is 0 Å². The summed E-state index contributed by atoms with van der Waals surface area (Å²) in [6.45, 7) is 9.93. The normalized spacial score (nSPS) is 24.7. The van der Waals surface area contributed by atoms with Crippen molar-refractivity contribution < 1.29 is 4.79 Å². The van der Waals surface area contributed by atoms with Gasteiger partial charge < -0.3 is 9.80 Å². The monoisotopic (exact) mass is 337 g/mol. The van der Waals surface area contributed by atoms with E-state index in [9.17, 15) is 4.79 Å². The van der Waals surface area contributed by atoms with Gasteiger partial charge in [-0.1, -0.05) is 38.1 Å². The average Bonchev–Trinajstić information content (AvgIpc) is 3.22. The molecule has 2 rings (SSSR count). The molecule has 2 aliphatic rings. The topological polar surface area (TPSA) is 35.9 Å². The summed E-state index contributed by atoms with van der Waals surface area (Å²) in [4.78, 5) is 23.2. The van der Waals surface area contributed by atoms with Crippen molar-refractivity contribution in [3.63, 3.8) is 0 Å². The number of amides is 1. The molecule has 0 radical (unpaired) electrons. The summed E-state index contributed by atoms with van der Waals surface area (Å²) < 4.78 is 0. The second kappa shape index (κ2) is 9.28. The van der Waals surface area contributed by atoms with Gasteiger partial charge in [0.15, 0.2) is 0 Å². The Morgan fingerprint density at radius 3 is 2.57 bits per heavy atom. The van der Waals surface area contributed by atoms with E-state index in [1.807, 2.05) is 24.8 Å². The molecule has 23 heavy (non-hydrogen) atoms. The van der Waals surface area contributed by atoms with E-state index in [-0.39, 0.29) is 5.91 Å². The van der Waals surface area contributed by atoms with Crippen molar-refractivity contribution in [1.82, 2.24) is 9.80 Å². The molecule has 1 unspecified atom stereocenters. The van der Waals surface area contributed by atoms with Crippen LogP contribution in [0.5, 0.6) is 0 Å². The molecule has 0 spiro atoms. The van der Waals surface area contributed by atoms with Crippen LogP contribution in [-0.2, 0) is 4.79 Å². The van der Waals surface area contributed by atoms with Crippen LogP contribution in [0.15, 0.2) is 26.5 Å². The van der Waals surface area contributed by atoms with Gasteiger partial charge in [0.1, 0.15) is 0 Å². The molecule has 1 atom stereocenters. The zero-order valence-corrected chi connectivity index (χ0v) is 16.5. The van der Waals surface area contributed by atoms with Crippen molar-refractivity contribution >= 4 is 23.4 Å². The highest BCUT2D eigenvalue weighted by atomic mass is 32.2. The summed E-state index contributed by atoms with van der Waals surface area (Å²) in [6.07, 6.45) is 4.00. The molecule has 1 fully saturated rings. The lowest BCUT2D eigenvalue weighted by Gasteiger charge is -2.20. The summed E-state index contributed by atoms with van der Waals surface area (Å²) in [7, 11) is 5.95. The van der Waals surface area contributed by atoms with Gasteiger partial charge in [0.2, 0.25) is 0 Å². The number of hydrogen-bond donors (Lipinski definition) is 0. The van der Waals surface area contributed by atoms with Gasteiger partial charge in [0, 0.05) is 31.1 Å². The fourth-order valence-corrected chi connectivity index (χ4v) is 3.80. The molecule has 4 nitrogen and oxygen atoms in total. The molecule has 2 heterocycles. The van der Waals surface area contributed by atoms with Crippen LogP contribution in [0.2, 0.25) is 0 Å². The predicted molar refractivity (Wildman–Crippen MR) is 102 cm³/mol. The standard InChI is InChI=1S/C16H25N3OS.C2H6/c1-6-11(2)15-13(17-3)9-14(21-15)16(20)19-8-7-12(10-19)18(4)5;1-2/h9,12H,6-8,10H2,1-5H3;1-2H3/b15-11+,17-13?;. The van der Waals surface area contributed by atoms with Crippen molar-refractivity contribution in [2.45, 2.75) is 46.6 Å². The van der Waals surface area contributed by atoms with E-state index >= 15 is 0 Å². The van der Waals surface area contributed by atoms with Crippen LogP contribution in [0.1, 0.15) is 40.5 Å². The number of hydrogen-bond acceptors (Lipinski definition) is 4. The Labute approximate surface area is 145 Å². The number of aliphatic imine (C=N–C) groups is 1. The van der Waals surface area contributed by atoms with Gasteiger partial charge >= 0.3 is 0 Å². The fraction of sp³-hybridized carbons (Fsp3) is 0.667. The lowest BCUT2D eigenvalue weighted by Crippen LogP contribution is -2.34. The molecule has 0 saturated carbocycles. The molecule has 0 aliphatic carbocycles. The van der Waals surface area contributed by atoms with Crippen LogP contribution in [0.3, 0.4) is 0 Å². The van der Waals surface area contributed by atoms with Gasteiger partial charge in [-0.15, -0.1) is 0 Å². The zero-order valence-electron chi connectivity index (χ0n) is 15.6. The minimum atomic E-state index is 0.157. The van der Waals surface area contributed by atoms with Gasteiger partial charge in [0.25, 0.3) is 5.91 Å². The van der Waals surface area contributed by atoms with E-state index in [0.717, 1.165) is 41.5 Å². The molecule has 0 aromatic carbocycles. The highest BCUT2D eigenvalue weighted by molar-refractivity contribution is 8.09. The fourth-order valence-electron chi connectivity index (χ4n) is 2.62. The number of allylic oxidation sites excluding steroid dienone is 3. The highest BCUT2D eigenvalue weighted by Gasteiger charge is 2.32. The third-order valence-electron chi connectivity index (χ3n) is 4.26. The van der Waals surface area contributed by atoms with E-state index in [0.29, 0.717) is 6.04 Å². The quantitative estimate of drug-likeness (QED) is 0.790. The van der Waals surface area contributed by atoms with E-state index in [1.54, 1.807) is 18.8 Å². The van der Waals surface area contributed by atoms with E-state index in [2.05, 4.69) is 37.8 Å². The van der Waals surface area contributed by atoms with Gasteiger partial charge in [-0.2, -0.15) is 0 Å². The van der Waals surface area contributed by atoms with Crippen LogP contribution >= 0.6 is 11.8 Å².